The first-order chi connectivity index (χ1) is 12.1. The molecular formula is C20H24N2O3. The minimum Gasteiger partial charge on any atom is -0.496 e. The van der Waals surface area contributed by atoms with Crippen molar-refractivity contribution in [2.75, 3.05) is 20.2 Å². The Morgan fingerprint density at radius 2 is 1.64 bits per heavy atom. The van der Waals surface area contributed by atoms with Crippen LogP contribution >= 0.6 is 0 Å². The van der Waals surface area contributed by atoms with Gasteiger partial charge in [-0.1, -0.05) is 42.0 Å². The Hall–Kier alpha value is -2.82. The molecule has 0 spiro atoms. The van der Waals surface area contributed by atoms with Crippen LogP contribution in [0.15, 0.2) is 48.5 Å². The smallest absolute Gasteiger partial charge is 0.255 e. The summed E-state index contributed by atoms with van der Waals surface area (Å²) in [4.78, 5) is 24.0. The summed E-state index contributed by atoms with van der Waals surface area (Å²) in [7, 11) is 1.53. The summed E-state index contributed by atoms with van der Waals surface area (Å²) in [5.41, 5.74) is 2.83. The third-order valence-corrected chi connectivity index (χ3v) is 3.85. The molecule has 2 aromatic rings. The third-order valence-electron chi connectivity index (χ3n) is 3.85. The zero-order valence-corrected chi connectivity index (χ0v) is 14.7. The van der Waals surface area contributed by atoms with E-state index in [4.69, 9.17) is 4.74 Å². The molecule has 0 unspecified atom stereocenters. The van der Waals surface area contributed by atoms with Gasteiger partial charge in [0.2, 0.25) is 5.91 Å². The van der Waals surface area contributed by atoms with Crippen molar-refractivity contribution in [1.29, 1.82) is 0 Å². The monoisotopic (exact) mass is 340 g/mol. The first-order valence-electron chi connectivity index (χ1n) is 8.33. The summed E-state index contributed by atoms with van der Waals surface area (Å²) in [5, 5.41) is 5.59. The van der Waals surface area contributed by atoms with Gasteiger partial charge < -0.3 is 15.4 Å². The van der Waals surface area contributed by atoms with Gasteiger partial charge in [0.1, 0.15) is 5.75 Å². The molecule has 2 rings (SSSR count). The fourth-order valence-corrected chi connectivity index (χ4v) is 2.41. The molecule has 0 saturated heterocycles. The number of carbonyl (C=O) groups excluding carboxylic acids is 2. The Balaban J connectivity index is 1.67. The topological polar surface area (TPSA) is 67.4 Å². The zero-order chi connectivity index (χ0) is 18.1. The fraction of sp³-hybridized carbons (Fsp3) is 0.300. The van der Waals surface area contributed by atoms with E-state index in [0.29, 0.717) is 37.2 Å². The van der Waals surface area contributed by atoms with Gasteiger partial charge in [0.25, 0.3) is 5.91 Å². The molecule has 2 aromatic carbocycles. The number of methoxy groups -OCH3 is 1. The third kappa shape index (κ3) is 5.95. The van der Waals surface area contributed by atoms with Crippen molar-refractivity contribution in [2.45, 2.75) is 19.8 Å². The molecule has 0 heterocycles. The Kier molecular flexibility index (Phi) is 7.01. The zero-order valence-electron chi connectivity index (χ0n) is 14.7. The molecule has 0 aliphatic carbocycles. The lowest BCUT2D eigenvalue weighted by Gasteiger charge is -2.10. The Bertz CT molecular complexity index is 711. The van der Waals surface area contributed by atoms with Crippen LogP contribution in [0.3, 0.4) is 0 Å². The minimum absolute atomic E-state index is 0.0212. The number of carbonyl (C=O) groups is 2. The SMILES string of the molecule is COc1ccccc1C(=O)NCCNC(=O)CCc1ccc(C)cc1. The molecule has 0 aliphatic heterocycles. The van der Waals surface area contributed by atoms with Gasteiger partial charge in [-0.25, -0.2) is 0 Å². The molecule has 0 aromatic heterocycles. The number of amides is 2. The predicted molar refractivity (Wildman–Crippen MR) is 97.8 cm³/mol. The van der Waals surface area contributed by atoms with E-state index in [9.17, 15) is 9.59 Å². The van der Waals surface area contributed by atoms with Gasteiger partial charge in [0.15, 0.2) is 0 Å². The van der Waals surface area contributed by atoms with Crippen LogP contribution in [0, 0.1) is 6.92 Å². The Morgan fingerprint density at radius 1 is 0.960 bits per heavy atom. The van der Waals surface area contributed by atoms with Gasteiger partial charge in [-0.3, -0.25) is 9.59 Å². The lowest BCUT2D eigenvalue weighted by atomic mass is 10.1. The van der Waals surface area contributed by atoms with Gasteiger partial charge in [-0.05, 0) is 31.0 Å². The highest BCUT2D eigenvalue weighted by Crippen LogP contribution is 2.16. The van der Waals surface area contributed by atoms with Crippen LogP contribution in [0.2, 0.25) is 0 Å². The summed E-state index contributed by atoms with van der Waals surface area (Å²) < 4.78 is 5.16. The molecule has 0 radical (unpaired) electrons. The maximum atomic E-state index is 12.1. The lowest BCUT2D eigenvalue weighted by Crippen LogP contribution is -2.34. The van der Waals surface area contributed by atoms with Crippen LogP contribution < -0.4 is 15.4 Å². The summed E-state index contributed by atoms with van der Waals surface area (Å²) in [6.45, 7) is 2.80. The molecule has 25 heavy (non-hydrogen) atoms. The average molecular weight is 340 g/mol. The number of rotatable bonds is 8. The van der Waals surface area contributed by atoms with Crippen LogP contribution in [0.4, 0.5) is 0 Å². The van der Waals surface area contributed by atoms with E-state index < -0.39 is 0 Å². The molecule has 0 fully saturated rings. The molecule has 5 heteroatoms. The van der Waals surface area contributed by atoms with E-state index >= 15 is 0 Å². The standard InChI is InChI=1S/C20H24N2O3/c1-15-7-9-16(10-8-15)11-12-19(23)21-13-14-22-20(24)17-5-3-4-6-18(17)25-2/h3-10H,11-14H2,1-2H3,(H,21,23)(H,22,24). The normalized spacial score (nSPS) is 10.2. The van der Waals surface area contributed by atoms with Crippen molar-refractivity contribution in [1.82, 2.24) is 10.6 Å². The number of ether oxygens (including phenoxy) is 1. The number of benzene rings is 2. The van der Waals surface area contributed by atoms with Crippen molar-refractivity contribution in [2.24, 2.45) is 0 Å². The first kappa shape index (κ1) is 18.5. The molecule has 0 aliphatic rings. The summed E-state index contributed by atoms with van der Waals surface area (Å²) in [5.74, 6) is 0.292. The second-order valence-electron chi connectivity index (χ2n) is 5.79. The molecule has 2 N–H and O–H groups in total. The Morgan fingerprint density at radius 3 is 2.36 bits per heavy atom. The van der Waals surface area contributed by atoms with Crippen molar-refractivity contribution in [3.63, 3.8) is 0 Å². The van der Waals surface area contributed by atoms with Crippen molar-refractivity contribution in [3.8, 4) is 5.75 Å². The maximum absolute atomic E-state index is 12.1. The molecule has 0 bridgehead atoms. The molecule has 132 valence electrons. The molecule has 5 nitrogen and oxygen atoms in total. The molecule has 0 atom stereocenters. The van der Waals surface area contributed by atoms with E-state index in [0.717, 1.165) is 5.56 Å². The van der Waals surface area contributed by atoms with E-state index in [-0.39, 0.29) is 11.8 Å². The largest absolute Gasteiger partial charge is 0.496 e. The van der Waals surface area contributed by atoms with Gasteiger partial charge in [-0.2, -0.15) is 0 Å². The van der Waals surface area contributed by atoms with Crippen LogP contribution in [-0.2, 0) is 11.2 Å². The van der Waals surface area contributed by atoms with Crippen molar-refractivity contribution < 1.29 is 14.3 Å². The fourth-order valence-electron chi connectivity index (χ4n) is 2.41. The van der Waals surface area contributed by atoms with E-state index in [2.05, 4.69) is 10.6 Å². The van der Waals surface area contributed by atoms with E-state index in [1.165, 1.54) is 12.7 Å². The highest BCUT2D eigenvalue weighted by molar-refractivity contribution is 5.96. The number of hydrogen-bond acceptors (Lipinski definition) is 3. The highest BCUT2D eigenvalue weighted by atomic mass is 16.5. The highest BCUT2D eigenvalue weighted by Gasteiger charge is 2.10. The summed E-state index contributed by atoms with van der Waals surface area (Å²) in [6.07, 6.45) is 1.14. The number of nitrogens with one attached hydrogen (secondary N) is 2. The summed E-state index contributed by atoms with van der Waals surface area (Å²) >= 11 is 0. The second-order valence-corrected chi connectivity index (χ2v) is 5.79. The molecular weight excluding hydrogens is 316 g/mol. The van der Waals surface area contributed by atoms with Gasteiger partial charge in [0.05, 0.1) is 12.7 Å². The van der Waals surface area contributed by atoms with Gasteiger partial charge in [-0.15, -0.1) is 0 Å². The Labute approximate surface area is 148 Å². The number of aryl methyl sites for hydroxylation is 2. The van der Waals surface area contributed by atoms with Crippen LogP contribution in [-0.4, -0.2) is 32.0 Å². The van der Waals surface area contributed by atoms with Crippen molar-refractivity contribution in [3.05, 3.63) is 65.2 Å². The summed E-state index contributed by atoms with van der Waals surface area (Å²) in [6, 6.07) is 15.2. The van der Waals surface area contributed by atoms with Crippen LogP contribution in [0.5, 0.6) is 5.75 Å². The van der Waals surface area contributed by atoms with E-state index in [1.54, 1.807) is 18.2 Å². The van der Waals surface area contributed by atoms with Gasteiger partial charge in [0, 0.05) is 19.5 Å². The lowest BCUT2D eigenvalue weighted by molar-refractivity contribution is -0.121. The first-order valence-corrected chi connectivity index (χ1v) is 8.33. The maximum Gasteiger partial charge on any atom is 0.255 e. The second kappa shape index (κ2) is 9.47. The number of hydrogen-bond donors (Lipinski definition) is 2. The molecule has 2 amide bonds. The quantitative estimate of drug-likeness (QED) is 0.726. The molecule has 0 saturated carbocycles. The average Bonchev–Trinajstić information content (AvgIpc) is 2.64. The van der Waals surface area contributed by atoms with Crippen LogP contribution in [0.25, 0.3) is 0 Å². The predicted octanol–water partition coefficient (Wildman–Crippen LogP) is 2.48. The van der Waals surface area contributed by atoms with Crippen LogP contribution in [0.1, 0.15) is 27.9 Å². The van der Waals surface area contributed by atoms with Gasteiger partial charge >= 0.3 is 0 Å². The van der Waals surface area contributed by atoms with E-state index in [1.807, 2.05) is 37.3 Å². The van der Waals surface area contributed by atoms with Crippen molar-refractivity contribution >= 4 is 11.8 Å². The number of para-hydroxylation sites is 1. The minimum atomic E-state index is -0.216.